The zero-order valence-corrected chi connectivity index (χ0v) is 13.1. The molecule has 108 valence electrons. The standard InChI is InChI=1S/C17H29NO/c1-6-11-18-17(12-19-15(5)13(2)3)16-10-8-7-9-14(16)4/h7-10,13,15,17-18H,6,11-12H2,1-5H3. The molecule has 0 aliphatic heterocycles. The van der Waals surface area contributed by atoms with E-state index in [1.165, 1.54) is 11.1 Å². The van der Waals surface area contributed by atoms with Crippen molar-refractivity contribution in [2.45, 2.75) is 53.2 Å². The largest absolute Gasteiger partial charge is 0.376 e. The number of rotatable bonds is 8. The summed E-state index contributed by atoms with van der Waals surface area (Å²) < 4.78 is 6.01. The van der Waals surface area contributed by atoms with Gasteiger partial charge in [-0.1, -0.05) is 45.0 Å². The van der Waals surface area contributed by atoms with E-state index in [0.717, 1.165) is 19.6 Å². The van der Waals surface area contributed by atoms with E-state index in [-0.39, 0.29) is 0 Å². The lowest BCUT2D eigenvalue weighted by molar-refractivity contribution is 0.0217. The van der Waals surface area contributed by atoms with Crippen LogP contribution in [0, 0.1) is 12.8 Å². The van der Waals surface area contributed by atoms with Crippen molar-refractivity contribution in [3.05, 3.63) is 35.4 Å². The Balaban J connectivity index is 2.69. The quantitative estimate of drug-likeness (QED) is 0.762. The summed E-state index contributed by atoms with van der Waals surface area (Å²) in [5.41, 5.74) is 2.68. The highest BCUT2D eigenvalue weighted by Gasteiger charge is 2.15. The van der Waals surface area contributed by atoms with Crippen LogP contribution in [-0.4, -0.2) is 19.3 Å². The van der Waals surface area contributed by atoms with Gasteiger partial charge in [0, 0.05) is 0 Å². The molecule has 2 nitrogen and oxygen atoms in total. The maximum absolute atomic E-state index is 6.01. The Labute approximate surface area is 118 Å². The van der Waals surface area contributed by atoms with Crippen LogP contribution in [0.1, 0.15) is 51.3 Å². The van der Waals surface area contributed by atoms with Crippen molar-refractivity contribution >= 4 is 0 Å². The minimum Gasteiger partial charge on any atom is -0.376 e. The number of aryl methyl sites for hydroxylation is 1. The SMILES string of the molecule is CCCNC(COC(C)C(C)C)c1ccccc1C. The van der Waals surface area contributed by atoms with Gasteiger partial charge in [0.15, 0.2) is 0 Å². The molecule has 2 unspecified atom stereocenters. The van der Waals surface area contributed by atoms with Gasteiger partial charge in [0.05, 0.1) is 18.8 Å². The molecule has 0 spiro atoms. The van der Waals surface area contributed by atoms with Gasteiger partial charge < -0.3 is 10.1 Å². The second-order valence-electron chi connectivity index (χ2n) is 5.65. The van der Waals surface area contributed by atoms with Gasteiger partial charge in [-0.25, -0.2) is 0 Å². The number of hydrogen-bond donors (Lipinski definition) is 1. The molecule has 1 N–H and O–H groups in total. The minimum absolute atomic E-state index is 0.294. The van der Waals surface area contributed by atoms with Crippen LogP contribution in [-0.2, 0) is 4.74 Å². The molecule has 0 saturated carbocycles. The molecule has 19 heavy (non-hydrogen) atoms. The molecule has 0 bridgehead atoms. The van der Waals surface area contributed by atoms with E-state index >= 15 is 0 Å². The lowest BCUT2D eigenvalue weighted by atomic mass is 10.0. The fraction of sp³-hybridized carbons (Fsp3) is 0.647. The Hall–Kier alpha value is -0.860. The predicted octanol–water partition coefficient (Wildman–Crippen LogP) is 4.10. The Morgan fingerprint density at radius 1 is 1.16 bits per heavy atom. The Morgan fingerprint density at radius 2 is 1.84 bits per heavy atom. The van der Waals surface area contributed by atoms with Gasteiger partial charge in [0.2, 0.25) is 0 Å². The molecule has 0 radical (unpaired) electrons. The van der Waals surface area contributed by atoms with Crippen molar-refractivity contribution in [3.63, 3.8) is 0 Å². The van der Waals surface area contributed by atoms with Gasteiger partial charge in [0.1, 0.15) is 0 Å². The molecule has 0 fully saturated rings. The fourth-order valence-electron chi connectivity index (χ4n) is 2.00. The summed E-state index contributed by atoms with van der Waals surface area (Å²) in [5.74, 6) is 0.559. The van der Waals surface area contributed by atoms with Gasteiger partial charge in [-0.3, -0.25) is 0 Å². The zero-order chi connectivity index (χ0) is 14.3. The predicted molar refractivity (Wildman–Crippen MR) is 82.5 cm³/mol. The van der Waals surface area contributed by atoms with Crippen molar-refractivity contribution in [1.82, 2.24) is 5.32 Å². The summed E-state index contributed by atoms with van der Waals surface area (Å²) in [4.78, 5) is 0. The number of benzene rings is 1. The molecule has 1 rings (SSSR count). The lowest BCUT2D eigenvalue weighted by Gasteiger charge is -2.24. The van der Waals surface area contributed by atoms with Crippen molar-refractivity contribution in [1.29, 1.82) is 0 Å². The summed E-state index contributed by atoms with van der Waals surface area (Å²) in [7, 11) is 0. The number of hydrogen-bond acceptors (Lipinski definition) is 2. The average Bonchev–Trinajstić information content (AvgIpc) is 2.39. The summed E-state index contributed by atoms with van der Waals surface area (Å²) in [5, 5.41) is 3.60. The van der Waals surface area contributed by atoms with Crippen molar-refractivity contribution in [2.75, 3.05) is 13.2 Å². The molecule has 0 saturated heterocycles. The van der Waals surface area contributed by atoms with E-state index in [1.54, 1.807) is 0 Å². The van der Waals surface area contributed by atoms with Gasteiger partial charge in [-0.2, -0.15) is 0 Å². The summed E-state index contributed by atoms with van der Waals surface area (Å²) in [6.07, 6.45) is 1.44. The highest BCUT2D eigenvalue weighted by Crippen LogP contribution is 2.19. The normalized spacial score (nSPS) is 14.6. The molecular formula is C17H29NO. The van der Waals surface area contributed by atoms with Crippen LogP contribution < -0.4 is 5.32 Å². The van der Waals surface area contributed by atoms with Crippen LogP contribution in [0.2, 0.25) is 0 Å². The third kappa shape index (κ3) is 5.33. The van der Waals surface area contributed by atoms with Crippen LogP contribution in [0.15, 0.2) is 24.3 Å². The molecule has 0 aliphatic carbocycles. The molecule has 0 aliphatic rings. The smallest absolute Gasteiger partial charge is 0.0665 e. The molecule has 0 aromatic heterocycles. The minimum atomic E-state index is 0.294. The van der Waals surface area contributed by atoms with Crippen LogP contribution in [0.5, 0.6) is 0 Å². The highest BCUT2D eigenvalue weighted by molar-refractivity contribution is 5.28. The summed E-state index contributed by atoms with van der Waals surface area (Å²) in [6, 6.07) is 8.86. The first-order chi connectivity index (χ1) is 9.06. The highest BCUT2D eigenvalue weighted by atomic mass is 16.5. The van der Waals surface area contributed by atoms with E-state index in [0.29, 0.717) is 18.1 Å². The Bertz CT molecular complexity index is 362. The van der Waals surface area contributed by atoms with E-state index in [1.807, 2.05) is 0 Å². The summed E-state index contributed by atoms with van der Waals surface area (Å²) >= 11 is 0. The first-order valence-electron chi connectivity index (χ1n) is 7.46. The zero-order valence-electron chi connectivity index (χ0n) is 13.1. The maximum atomic E-state index is 6.01. The average molecular weight is 263 g/mol. The monoisotopic (exact) mass is 263 g/mol. The molecule has 0 amide bonds. The molecule has 1 aromatic rings. The van der Waals surface area contributed by atoms with Crippen LogP contribution >= 0.6 is 0 Å². The van der Waals surface area contributed by atoms with Gasteiger partial charge in [0.25, 0.3) is 0 Å². The van der Waals surface area contributed by atoms with Gasteiger partial charge in [-0.05, 0) is 43.9 Å². The molecule has 2 heteroatoms. The molecule has 2 atom stereocenters. The van der Waals surface area contributed by atoms with Gasteiger partial charge in [-0.15, -0.1) is 0 Å². The van der Waals surface area contributed by atoms with E-state index in [2.05, 4.69) is 64.2 Å². The van der Waals surface area contributed by atoms with Crippen molar-refractivity contribution in [3.8, 4) is 0 Å². The van der Waals surface area contributed by atoms with Crippen LogP contribution in [0.3, 0.4) is 0 Å². The number of nitrogens with one attached hydrogen (secondary N) is 1. The second-order valence-corrected chi connectivity index (χ2v) is 5.65. The third-order valence-electron chi connectivity index (χ3n) is 3.67. The first-order valence-corrected chi connectivity index (χ1v) is 7.46. The lowest BCUT2D eigenvalue weighted by Crippen LogP contribution is -2.29. The van der Waals surface area contributed by atoms with Crippen molar-refractivity contribution < 1.29 is 4.74 Å². The second kappa shape index (κ2) is 8.34. The van der Waals surface area contributed by atoms with Gasteiger partial charge >= 0.3 is 0 Å². The topological polar surface area (TPSA) is 21.3 Å². The molecule has 0 heterocycles. The molecular weight excluding hydrogens is 234 g/mol. The molecule has 1 aromatic carbocycles. The fourth-order valence-corrected chi connectivity index (χ4v) is 2.00. The van der Waals surface area contributed by atoms with Crippen LogP contribution in [0.4, 0.5) is 0 Å². The first kappa shape index (κ1) is 16.2. The van der Waals surface area contributed by atoms with Crippen molar-refractivity contribution in [2.24, 2.45) is 5.92 Å². The van der Waals surface area contributed by atoms with Crippen LogP contribution in [0.25, 0.3) is 0 Å². The Morgan fingerprint density at radius 3 is 2.42 bits per heavy atom. The Kier molecular flexibility index (Phi) is 7.11. The number of ether oxygens (including phenoxy) is 1. The third-order valence-corrected chi connectivity index (χ3v) is 3.67. The van der Waals surface area contributed by atoms with E-state index in [4.69, 9.17) is 4.74 Å². The van der Waals surface area contributed by atoms with E-state index in [9.17, 15) is 0 Å². The van der Waals surface area contributed by atoms with E-state index < -0.39 is 0 Å². The summed E-state index contributed by atoms with van der Waals surface area (Å²) in [6.45, 7) is 12.7. The maximum Gasteiger partial charge on any atom is 0.0665 e.